The second-order valence-electron chi connectivity index (χ2n) is 9.03. The smallest absolute Gasteiger partial charge is 0.227 e. The van der Waals surface area contributed by atoms with Crippen LogP contribution < -0.4 is 5.32 Å². The van der Waals surface area contributed by atoms with Crippen LogP contribution in [0.3, 0.4) is 0 Å². The topological polar surface area (TPSA) is 52.6 Å². The van der Waals surface area contributed by atoms with Gasteiger partial charge in [0.15, 0.2) is 0 Å². The Labute approximate surface area is 184 Å². The third kappa shape index (κ3) is 3.79. The lowest BCUT2D eigenvalue weighted by Gasteiger charge is -2.48. The number of piperidine rings is 1. The molecule has 2 aliphatic heterocycles. The van der Waals surface area contributed by atoms with Gasteiger partial charge in [0, 0.05) is 61.6 Å². The first-order valence-electron chi connectivity index (χ1n) is 10.7. The van der Waals surface area contributed by atoms with Crippen LogP contribution in [0.1, 0.15) is 30.9 Å². The maximum absolute atomic E-state index is 14.5. The first-order valence-corrected chi connectivity index (χ1v) is 10.7. The molecule has 1 amide bonds. The highest BCUT2D eigenvalue weighted by atomic mass is 19.1. The summed E-state index contributed by atoms with van der Waals surface area (Å²) in [5, 5.41) is 14.5. The highest BCUT2D eigenvalue weighted by Gasteiger charge is 2.49. The van der Waals surface area contributed by atoms with Gasteiger partial charge in [-0.1, -0.05) is 26.0 Å². The Hall–Kier alpha value is -2.45. The molecule has 0 spiro atoms. The Kier molecular flexibility index (Phi) is 6.02. The monoisotopic (exact) mass is 450 g/mol. The molecule has 0 bridgehead atoms. The van der Waals surface area contributed by atoms with Crippen molar-refractivity contribution in [3.63, 3.8) is 0 Å². The molecule has 0 aliphatic carbocycles. The lowest BCUT2D eigenvalue weighted by molar-refractivity contribution is -0.153. The van der Waals surface area contributed by atoms with Crippen LogP contribution in [0.5, 0.6) is 0 Å². The maximum Gasteiger partial charge on any atom is 0.227 e. The van der Waals surface area contributed by atoms with Crippen molar-refractivity contribution < 1.29 is 27.5 Å². The Morgan fingerprint density at radius 2 is 1.56 bits per heavy atom. The summed E-state index contributed by atoms with van der Waals surface area (Å²) in [5.74, 6) is -5.12. The number of halogens is 4. The molecule has 0 radical (unpaired) electrons. The van der Waals surface area contributed by atoms with Gasteiger partial charge >= 0.3 is 0 Å². The summed E-state index contributed by atoms with van der Waals surface area (Å²) in [6.45, 7) is 4.54. The van der Waals surface area contributed by atoms with E-state index in [4.69, 9.17) is 0 Å². The summed E-state index contributed by atoms with van der Waals surface area (Å²) in [6.07, 6.45) is 0. The lowest BCUT2D eigenvalue weighted by Crippen LogP contribution is -2.57. The summed E-state index contributed by atoms with van der Waals surface area (Å²) in [7, 11) is 0. The summed E-state index contributed by atoms with van der Waals surface area (Å²) < 4.78 is 55.6. The normalized spacial score (nSPS) is 30.5. The van der Waals surface area contributed by atoms with E-state index in [1.807, 2.05) is 0 Å². The molecule has 2 aromatic rings. The number of nitrogens with zero attached hydrogens (tertiary/aromatic N) is 1. The zero-order chi connectivity index (χ0) is 23.2. The van der Waals surface area contributed by atoms with Crippen LogP contribution >= 0.6 is 0 Å². The van der Waals surface area contributed by atoms with Crippen LogP contribution in [-0.4, -0.2) is 42.1 Å². The molecule has 2 unspecified atom stereocenters. The molecule has 4 nitrogen and oxygen atoms in total. The fraction of sp³-hybridized carbons (Fsp3) is 0.458. The van der Waals surface area contributed by atoms with Crippen molar-refractivity contribution in [1.29, 1.82) is 0 Å². The molecular formula is C24H26F4N2O2. The molecule has 2 fully saturated rings. The van der Waals surface area contributed by atoms with E-state index < -0.39 is 52.5 Å². The SMILES string of the molecule is CC1CN(C(=O)[C@@H]2CNC[C@H]2c2ccc(F)cc2F)CC(C)C1(O)c1ccc(F)cc1F. The van der Waals surface area contributed by atoms with Crippen LogP contribution in [0, 0.1) is 41.0 Å². The number of carbonyl (C=O) groups excluding carboxylic acids is 1. The first kappa shape index (κ1) is 22.7. The molecule has 2 heterocycles. The van der Waals surface area contributed by atoms with Crippen molar-refractivity contribution in [1.82, 2.24) is 10.2 Å². The van der Waals surface area contributed by atoms with Crippen molar-refractivity contribution in [3.05, 3.63) is 70.8 Å². The van der Waals surface area contributed by atoms with E-state index in [-0.39, 0.29) is 30.1 Å². The first-order chi connectivity index (χ1) is 15.1. The number of hydrogen-bond donors (Lipinski definition) is 2. The molecule has 8 heteroatoms. The molecule has 2 N–H and O–H groups in total. The van der Waals surface area contributed by atoms with Crippen molar-refractivity contribution in [2.24, 2.45) is 17.8 Å². The van der Waals surface area contributed by atoms with E-state index in [2.05, 4.69) is 5.32 Å². The number of hydrogen-bond acceptors (Lipinski definition) is 3. The van der Waals surface area contributed by atoms with Gasteiger partial charge in [0.1, 0.15) is 28.9 Å². The van der Waals surface area contributed by atoms with E-state index >= 15 is 0 Å². The minimum Gasteiger partial charge on any atom is -0.384 e. The predicted octanol–water partition coefficient (Wildman–Crippen LogP) is 3.55. The number of rotatable bonds is 3. The van der Waals surface area contributed by atoms with Gasteiger partial charge in [-0.05, 0) is 17.7 Å². The average Bonchev–Trinajstić information content (AvgIpc) is 3.20. The molecule has 2 aromatic carbocycles. The van der Waals surface area contributed by atoms with E-state index in [1.165, 1.54) is 18.2 Å². The van der Waals surface area contributed by atoms with Crippen LogP contribution in [0.25, 0.3) is 0 Å². The highest BCUT2D eigenvalue weighted by Crippen LogP contribution is 2.43. The quantitative estimate of drug-likeness (QED) is 0.704. The van der Waals surface area contributed by atoms with E-state index in [0.717, 1.165) is 18.2 Å². The van der Waals surface area contributed by atoms with Gasteiger partial charge in [-0.2, -0.15) is 0 Å². The summed E-state index contributed by atoms with van der Waals surface area (Å²) in [5.41, 5.74) is -1.26. The van der Waals surface area contributed by atoms with Gasteiger partial charge in [-0.25, -0.2) is 17.6 Å². The maximum atomic E-state index is 14.5. The second kappa shape index (κ2) is 8.48. The van der Waals surface area contributed by atoms with Gasteiger partial charge < -0.3 is 15.3 Å². The van der Waals surface area contributed by atoms with Crippen molar-refractivity contribution in [2.75, 3.05) is 26.2 Å². The van der Waals surface area contributed by atoms with E-state index in [0.29, 0.717) is 13.1 Å². The molecule has 0 aromatic heterocycles. The zero-order valence-electron chi connectivity index (χ0n) is 17.9. The van der Waals surface area contributed by atoms with Crippen LogP contribution in [0.15, 0.2) is 36.4 Å². The van der Waals surface area contributed by atoms with E-state index in [9.17, 15) is 27.5 Å². The molecule has 172 valence electrons. The van der Waals surface area contributed by atoms with Gasteiger partial charge in [0.2, 0.25) is 5.91 Å². The molecule has 0 saturated carbocycles. The highest BCUT2D eigenvalue weighted by molar-refractivity contribution is 5.81. The van der Waals surface area contributed by atoms with Crippen molar-refractivity contribution in [3.8, 4) is 0 Å². The van der Waals surface area contributed by atoms with Gasteiger partial charge in [-0.15, -0.1) is 0 Å². The number of aliphatic hydroxyl groups is 1. The zero-order valence-corrected chi connectivity index (χ0v) is 17.9. The van der Waals surface area contributed by atoms with Crippen molar-refractivity contribution in [2.45, 2.75) is 25.4 Å². The fourth-order valence-corrected chi connectivity index (χ4v) is 5.33. The van der Waals surface area contributed by atoms with Gasteiger partial charge in [0.25, 0.3) is 0 Å². The van der Waals surface area contributed by atoms with Gasteiger partial charge in [-0.3, -0.25) is 4.79 Å². The van der Waals surface area contributed by atoms with Crippen molar-refractivity contribution >= 4 is 5.91 Å². The number of amides is 1. The van der Waals surface area contributed by atoms with Crippen LogP contribution in [-0.2, 0) is 10.4 Å². The van der Waals surface area contributed by atoms with Gasteiger partial charge in [0.05, 0.1) is 5.92 Å². The number of benzene rings is 2. The minimum absolute atomic E-state index is 0.0137. The third-order valence-electron chi connectivity index (χ3n) is 7.06. The number of nitrogens with one attached hydrogen (secondary N) is 1. The molecule has 2 aliphatic rings. The van der Waals surface area contributed by atoms with Crippen LogP contribution in [0.2, 0.25) is 0 Å². The number of likely N-dealkylation sites (tertiary alicyclic amines) is 1. The Morgan fingerprint density at radius 3 is 2.16 bits per heavy atom. The third-order valence-corrected chi connectivity index (χ3v) is 7.06. The van der Waals surface area contributed by atoms with E-state index in [1.54, 1.807) is 18.7 Å². The fourth-order valence-electron chi connectivity index (χ4n) is 5.33. The molecule has 4 rings (SSSR count). The standard InChI is InChI=1S/C24H26F4N2O2/c1-13-11-30(12-14(2)24(13,32)20-6-4-16(26)8-22(20)28)23(31)19-10-29-9-18(19)17-5-3-15(25)7-21(17)27/h3-8,13-14,18-19,29,32H,9-12H2,1-2H3/t13?,14?,18-,19+,24?/m0/s1. The summed E-state index contributed by atoms with van der Waals surface area (Å²) >= 11 is 0. The summed E-state index contributed by atoms with van der Waals surface area (Å²) in [4.78, 5) is 15.0. The largest absolute Gasteiger partial charge is 0.384 e. The lowest BCUT2D eigenvalue weighted by atomic mass is 9.70. The predicted molar refractivity (Wildman–Crippen MR) is 111 cm³/mol. The Bertz CT molecular complexity index is 1020. The second-order valence-corrected chi connectivity index (χ2v) is 9.03. The Morgan fingerprint density at radius 1 is 0.969 bits per heavy atom. The average molecular weight is 450 g/mol. The Balaban J connectivity index is 1.56. The molecule has 32 heavy (non-hydrogen) atoms. The molecule has 2 saturated heterocycles. The summed E-state index contributed by atoms with van der Waals surface area (Å²) in [6, 6.07) is 6.48. The number of carbonyl (C=O) groups is 1. The minimum atomic E-state index is -1.56. The van der Waals surface area contributed by atoms with Crippen LogP contribution in [0.4, 0.5) is 17.6 Å². The molecular weight excluding hydrogens is 424 g/mol. The molecule has 4 atom stereocenters.